The van der Waals surface area contributed by atoms with Crippen molar-refractivity contribution in [3.63, 3.8) is 0 Å². The summed E-state index contributed by atoms with van der Waals surface area (Å²) in [4.78, 5) is 79.0. The van der Waals surface area contributed by atoms with Gasteiger partial charge in [-0.15, -0.1) is 0 Å². The van der Waals surface area contributed by atoms with Gasteiger partial charge in [0.25, 0.3) is 0 Å². The number of carboxylic acid groups (broad SMARTS) is 6. The molecule has 0 aromatic carbocycles. The molecule has 308 valence electrons. The van der Waals surface area contributed by atoms with E-state index in [0.29, 0.717) is 51.4 Å². The lowest BCUT2D eigenvalue weighted by Gasteiger charge is -2.48. The average molecular weight is 761 g/mol. The highest BCUT2D eigenvalue weighted by Gasteiger charge is 2.69. The largest absolute Gasteiger partial charge is 0.481 e. The van der Waals surface area contributed by atoms with Crippen molar-refractivity contribution < 1.29 is 69.6 Å². The van der Waals surface area contributed by atoms with Crippen molar-refractivity contribution in [3.8, 4) is 0 Å². The van der Waals surface area contributed by atoms with Gasteiger partial charge in [0.15, 0.2) is 11.2 Å². The predicted molar refractivity (Wildman–Crippen MR) is 196 cm³/mol. The molecule has 0 fully saturated rings. The summed E-state index contributed by atoms with van der Waals surface area (Å²) < 4.78 is 0. The van der Waals surface area contributed by atoms with Crippen LogP contribution < -0.4 is 0 Å². The van der Waals surface area contributed by atoms with Crippen LogP contribution in [0.3, 0.4) is 0 Å². The molecule has 0 radical (unpaired) electrons. The number of carboxylic acids is 6. The molecule has 0 saturated carbocycles. The third-order valence-electron chi connectivity index (χ3n) is 11.5. The van der Waals surface area contributed by atoms with Crippen LogP contribution in [0.15, 0.2) is 0 Å². The highest BCUT2D eigenvalue weighted by atomic mass is 16.4. The number of carbonyl (C=O) groups is 6. The van der Waals surface area contributed by atoms with Crippen LogP contribution in [-0.2, 0) is 28.8 Å². The number of hydrogen-bond donors (Lipinski definition) is 8. The molecule has 0 amide bonds. The Bertz CT molecular complexity index is 1160. The maximum Gasteiger partial charge on any atom is 0.337 e. The van der Waals surface area contributed by atoms with Crippen LogP contribution in [-0.4, -0.2) is 87.9 Å². The van der Waals surface area contributed by atoms with Gasteiger partial charge < -0.3 is 40.9 Å². The number of unbranched alkanes of at least 4 members (excludes halogenated alkanes) is 12. The van der Waals surface area contributed by atoms with Gasteiger partial charge in [0.2, 0.25) is 0 Å². The van der Waals surface area contributed by atoms with Gasteiger partial charge in [0, 0.05) is 0 Å². The maximum absolute atomic E-state index is 13.2. The molecule has 14 nitrogen and oxygen atoms in total. The molecule has 8 N–H and O–H groups in total. The standard InChI is InChI=1S/C39H68O14/c1-6-10-14-18-22-36(32(44)45,23-19-15-11-7-2)38(52,34(48)49)28(30(40)41)26-27(5)29(31(42)43)39(53,35(50)51)37(33(46)47,24-20-16-12-8-3)25-21-17-13-9-4/h27-29,52-53H,6-26H2,1-5H3,(H,40,41)(H,42,43)(H,44,45)(H,46,47)(H,48,49)(H,50,51). The van der Waals surface area contributed by atoms with Gasteiger partial charge in [-0.05, 0) is 38.0 Å². The Kier molecular flexibility index (Phi) is 22.1. The first-order valence-corrected chi connectivity index (χ1v) is 19.6. The van der Waals surface area contributed by atoms with Gasteiger partial charge >= 0.3 is 35.8 Å². The fourth-order valence-electron chi connectivity index (χ4n) is 8.29. The number of aliphatic carboxylic acids is 6. The smallest absolute Gasteiger partial charge is 0.337 e. The molecule has 0 aliphatic rings. The molecule has 0 heterocycles. The lowest BCUT2D eigenvalue weighted by atomic mass is 9.55. The second-order valence-corrected chi connectivity index (χ2v) is 15.1. The van der Waals surface area contributed by atoms with Crippen molar-refractivity contribution in [1.29, 1.82) is 0 Å². The van der Waals surface area contributed by atoms with Crippen LogP contribution in [0, 0.1) is 28.6 Å². The lowest BCUT2D eigenvalue weighted by Crippen LogP contribution is -2.67. The van der Waals surface area contributed by atoms with E-state index < -0.39 is 108 Å². The third kappa shape index (κ3) is 11.9. The third-order valence-corrected chi connectivity index (χ3v) is 11.5. The summed E-state index contributed by atoms with van der Waals surface area (Å²) in [6.45, 7) is 8.65. The lowest BCUT2D eigenvalue weighted by molar-refractivity contribution is -0.217. The normalized spacial score (nSPS) is 16.1. The maximum atomic E-state index is 13.2. The number of aliphatic hydroxyl groups is 2. The van der Waals surface area contributed by atoms with E-state index in [1.807, 2.05) is 27.7 Å². The van der Waals surface area contributed by atoms with Gasteiger partial charge in [0.05, 0.1) is 11.8 Å². The molecule has 14 heteroatoms. The minimum Gasteiger partial charge on any atom is -0.481 e. The van der Waals surface area contributed by atoms with E-state index in [2.05, 4.69) is 0 Å². The van der Waals surface area contributed by atoms with E-state index in [4.69, 9.17) is 0 Å². The highest BCUT2D eigenvalue weighted by molar-refractivity contribution is 5.95. The fourth-order valence-corrected chi connectivity index (χ4v) is 8.29. The topological polar surface area (TPSA) is 264 Å². The van der Waals surface area contributed by atoms with Gasteiger partial charge in [-0.25, -0.2) is 9.59 Å². The van der Waals surface area contributed by atoms with Gasteiger partial charge in [-0.2, -0.15) is 0 Å². The molecule has 0 spiro atoms. The number of hydrogen-bond acceptors (Lipinski definition) is 8. The summed E-state index contributed by atoms with van der Waals surface area (Å²) in [5.74, 6) is -18.5. The molecule has 5 unspecified atom stereocenters. The summed E-state index contributed by atoms with van der Waals surface area (Å²) in [6.07, 6.45) is 5.27. The molecule has 53 heavy (non-hydrogen) atoms. The second-order valence-electron chi connectivity index (χ2n) is 15.1. The molecule has 5 atom stereocenters. The van der Waals surface area contributed by atoms with E-state index in [1.54, 1.807) is 0 Å². The number of rotatable bonds is 33. The van der Waals surface area contributed by atoms with Crippen LogP contribution >= 0.6 is 0 Å². The SMILES string of the molecule is CCCCCCC(CCCCCC)(C(=O)O)C(O)(C(=O)O)C(CC(C)C(C(=O)O)C(O)(C(=O)O)C(CCCCCC)(CCCCCC)C(=O)O)C(=O)O. The first-order chi connectivity index (χ1) is 24.8. The van der Waals surface area contributed by atoms with E-state index >= 15 is 0 Å². The van der Waals surface area contributed by atoms with Crippen molar-refractivity contribution >= 4 is 35.8 Å². The van der Waals surface area contributed by atoms with Crippen molar-refractivity contribution in [2.75, 3.05) is 0 Å². The summed E-state index contributed by atoms with van der Waals surface area (Å²) in [5, 5.41) is 88.3. The van der Waals surface area contributed by atoms with Crippen molar-refractivity contribution in [3.05, 3.63) is 0 Å². The quantitative estimate of drug-likeness (QED) is 0.0311. The van der Waals surface area contributed by atoms with Crippen LogP contribution in [0.4, 0.5) is 0 Å². The van der Waals surface area contributed by atoms with Gasteiger partial charge in [-0.1, -0.05) is 137 Å². The molecule has 0 aliphatic carbocycles. The van der Waals surface area contributed by atoms with Crippen LogP contribution in [0.25, 0.3) is 0 Å². The summed E-state index contributed by atoms with van der Waals surface area (Å²) in [7, 11) is 0. The zero-order chi connectivity index (χ0) is 41.0. The zero-order valence-electron chi connectivity index (χ0n) is 32.6. The molecule has 0 rings (SSSR count). The molecule has 0 bridgehead atoms. The molecular formula is C39H68O14. The van der Waals surface area contributed by atoms with Crippen molar-refractivity contribution in [2.45, 2.75) is 181 Å². The Morgan fingerprint density at radius 2 is 0.736 bits per heavy atom. The second kappa shape index (κ2) is 23.5. The summed E-state index contributed by atoms with van der Waals surface area (Å²) >= 11 is 0. The fraction of sp³-hybridized carbons (Fsp3) is 0.846. The molecule has 0 saturated heterocycles. The first kappa shape index (κ1) is 49.7. The van der Waals surface area contributed by atoms with Crippen LogP contribution in [0.5, 0.6) is 0 Å². The van der Waals surface area contributed by atoms with Gasteiger partial charge in [-0.3, -0.25) is 19.2 Å². The molecule has 0 aromatic rings. The minimum absolute atomic E-state index is 0.137. The Morgan fingerprint density at radius 3 is 0.962 bits per heavy atom. The summed E-state index contributed by atoms with van der Waals surface area (Å²) in [6, 6.07) is 0. The molecule has 0 aliphatic heterocycles. The van der Waals surface area contributed by atoms with E-state index in [9.17, 15) is 69.6 Å². The Morgan fingerprint density at radius 1 is 0.434 bits per heavy atom. The Balaban J connectivity index is 7.67. The minimum atomic E-state index is -3.53. The molecule has 0 aromatic heterocycles. The average Bonchev–Trinajstić information content (AvgIpc) is 3.08. The predicted octanol–water partition coefficient (Wildman–Crippen LogP) is 7.07. The van der Waals surface area contributed by atoms with Crippen molar-refractivity contribution in [1.82, 2.24) is 0 Å². The Labute approximate surface area is 314 Å². The monoisotopic (exact) mass is 760 g/mol. The van der Waals surface area contributed by atoms with E-state index in [0.717, 1.165) is 32.6 Å². The molecular weight excluding hydrogens is 692 g/mol. The zero-order valence-corrected chi connectivity index (χ0v) is 32.6. The van der Waals surface area contributed by atoms with Crippen LogP contribution in [0.1, 0.15) is 169 Å². The first-order valence-electron chi connectivity index (χ1n) is 19.6. The van der Waals surface area contributed by atoms with E-state index in [-0.39, 0.29) is 25.7 Å². The van der Waals surface area contributed by atoms with Crippen LogP contribution in [0.2, 0.25) is 0 Å². The Hall–Kier alpha value is -3.26. The van der Waals surface area contributed by atoms with Gasteiger partial charge in [0.1, 0.15) is 10.8 Å². The highest BCUT2D eigenvalue weighted by Crippen LogP contribution is 2.52. The van der Waals surface area contributed by atoms with Crippen molar-refractivity contribution in [2.24, 2.45) is 28.6 Å². The van der Waals surface area contributed by atoms with E-state index in [1.165, 1.54) is 0 Å². The summed E-state index contributed by atoms with van der Waals surface area (Å²) in [5.41, 5.74) is -12.2.